The molecule has 2 heterocycles. The van der Waals surface area contributed by atoms with Crippen molar-refractivity contribution in [3.8, 4) is 0 Å². The van der Waals surface area contributed by atoms with Crippen molar-refractivity contribution >= 4 is 44.8 Å². The zero-order valence-electron chi connectivity index (χ0n) is 6.37. The van der Waals surface area contributed by atoms with E-state index in [-0.39, 0.29) is 0 Å². The van der Waals surface area contributed by atoms with Crippen LogP contribution in [0.2, 0.25) is 5.15 Å². The van der Waals surface area contributed by atoms with E-state index in [9.17, 15) is 0 Å². The van der Waals surface area contributed by atoms with Gasteiger partial charge < -0.3 is 0 Å². The normalized spacial score (nSPS) is 10.8. The largest absolute Gasteiger partial charge is 0.229 e. The molecule has 0 atom stereocenters. The first-order chi connectivity index (χ1) is 5.81. The Kier molecular flexibility index (Phi) is 2.26. The number of rotatable bonds is 1. The van der Waals surface area contributed by atoms with Crippen molar-refractivity contribution in [1.29, 1.82) is 0 Å². The second-order valence-electron chi connectivity index (χ2n) is 2.29. The maximum atomic E-state index is 5.96. The van der Waals surface area contributed by atoms with Crippen LogP contribution in [0, 0.1) is 0 Å². The second-order valence-corrected chi connectivity index (χ2v) is 4.42. The molecule has 2 aromatic rings. The van der Waals surface area contributed by atoms with Crippen LogP contribution in [0.25, 0.3) is 10.1 Å². The fourth-order valence-corrected chi connectivity index (χ4v) is 2.69. The summed E-state index contributed by atoms with van der Waals surface area (Å²) in [5, 5.41) is 4.68. The number of fused-ring (bicyclic) bond motifs is 1. The van der Waals surface area contributed by atoms with E-state index >= 15 is 0 Å². The van der Waals surface area contributed by atoms with Crippen LogP contribution in [-0.4, -0.2) is 11.2 Å². The minimum absolute atomic E-state index is 0.609. The van der Waals surface area contributed by atoms with Crippen molar-refractivity contribution in [3.63, 3.8) is 0 Å². The highest BCUT2D eigenvalue weighted by atomic mass is 35.5. The molecule has 0 N–H and O–H groups in total. The standard InChI is InChI=1S/C8H6ClNS2/c1-11-7-4-6-5(2-3-12-6)8(9)10-7/h2-4H,1H3. The molecule has 0 saturated heterocycles. The monoisotopic (exact) mass is 215 g/mol. The van der Waals surface area contributed by atoms with Gasteiger partial charge in [-0.05, 0) is 23.8 Å². The molecular formula is C8H6ClNS2. The van der Waals surface area contributed by atoms with E-state index in [0.717, 1.165) is 10.4 Å². The first-order valence-electron chi connectivity index (χ1n) is 3.39. The van der Waals surface area contributed by atoms with Gasteiger partial charge in [0.15, 0.2) is 0 Å². The molecule has 0 saturated carbocycles. The van der Waals surface area contributed by atoms with Crippen molar-refractivity contribution < 1.29 is 0 Å². The van der Waals surface area contributed by atoms with Crippen molar-refractivity contribution in [2.45, 2.75) is 5.03 Å². The Bertz CT molecular complexity index is 410. The molecule has 2 aromatic heterocycles. The van der Waals surface area contributed by atoms with Gasteiger partial charge in [-0.25, -0.2) is 4.98 Å². The molecule has 0 radical (unpaired) electrons. The summed E-state index contributed by atoms with van der Waals surface area (Å²) in [4.78, 5) is 4.23. The summed E-state index contributed by atoms with van der Waals surface area (Å²) in [6.07, 6.45) is 2.00. The number of hydrogen-bond acceptors (Lipinski definition) is 3. The van der Waals surface area contributed by atoms with Crippen LogP contribution in [-0.2, 0) is 0 Å². The summed E-state index contributed by atoms with van der Waals surface area (Å²) in [7, 11) is 0. The van der Waals surface area contributed by atoms with Gasteiger partial charge in [-0.1, -0.05) is 11.6 Å². The Hall–Kier alpha value is -0.250. The number of pyridine rings is 1. The summed E-state index contributed by atoms with van der Waals surface area (Å²) in [6.45, 7) is 0. The van der Waals surface area contributed by atoms with E-state index in [4.69, 9.17) is 11.6 Å². The maximum Gasteiger partial charge on any atom is 0.139 e. The van der Waals surface area contributed by atoms with Gasteiger partial charge in [-0.2, -0.15) is 0 Å². The molecule has 62 valence electrons. The van der Waals surface area contributed by atoms with Crippen molar-refractivity contribution in [2.24, 2.45) is 0 Å². The van der Waals surface area contributed by atoms with Crippen LogP contribution < -0.4 is 0 Å². The van der Waals surface area contributed by atoms with Gasteiger partial charge in [0.05, 0.1) is 5.03 Å². The summed E-state index contributed by atoms with van der Waals surface area (Å²) in [5.41, 5.74) is 0. The third-order valence-corrected chi connectivity index (χ3v) is 3.37. The van der Waals surface area contributed by atoms with E-state index in [2.05, 4.69) is 11.1 Å². The molecule has 0 aliphatic rings. The molecule has 12 heavy (non-hydrogen) atoms. The number of thiophene rings is 1. The Morgan fingerprint density at radius 3 is 3.17 bits per heavy atom. The van der Waals surface area contributed by atoms with Crippen molar-refractivity contribution in [2.75, 3.05) is 6.26 Å². The Morgan fingerprint density at radius 2 is 2.42 bits per heavy atom. The quantitative estimate of drug-likeness (QED) is 0.532. The smallest absolute Gasteiger partial charge is 0.139 e. The molecule has 2 rings (SSSR count). The van der Waals surface area contributed by atoms with Crippen molar-refractivity contribution in [1.82, 2.24) is 4.98 Å². The van der Waals surface area contributed by atoms with Gasteiger partial charge in [-0.15, -0.1) is 23.1 Å². The predicted octanol–water partition coefficient (Wildman–Crippen LogP) is 3.67. The van der Waals surface area contributed by atoms with Gasteiger partial charge >= 0.3 is 0 Å². The SMILES string of the molecule is CSc1cc2sccc2c(Cl)n1. The number of halogens is 1. The molecule has 0 amide bonds. The minimum atomic E-state index is 0.609. The number of thioether (sulfide) groups is 1. The van der Waals surface area contributed by atoms with E-state index in [1.54, 1.807) is 23.1 Å². The molecule has 1 nitrogen and oxygen atoms in total. The first-order valence-corrected chi connectivity index (χ1v) is 5.87. The van der Waals surface area contributed by atoms with E-state index in [1.165, 1.54) is 4.70 Å². The molecule has 0 aliphatic carbocycles. The average molecular weight is 216 g/mol. The average Bonchev–Trinajstić information content (AvgIpc) is 2.52. The second kappa shape index (κ2) is 3.24. The van der Waals surface area contributed by atoms with Crippen LogP contribution in [0.5, 0.6) is 0 Å². The highest BCUT2D eigenvalue weighted by Gasteiger charge is 2.03. The van der Waals surface area contributed by atoms with Gasteiger partial charge in [0.25, 0.3) is 0 Å². The lowest BCUT2D eigenvalue weighted by Gasteiger charge is -1.97. The Balaban J connectivity index is 2.75. The molecule has 0 spiro atoms. The Morgan fingerprint density at radius 1 is 1.58 bits per heavy atom. The topological polar surface area (TPSA) is 12.9 Å². The van der Waals surface area contributed by atoms with Gasteiger partial charge in [0.1, 0.15) is 5.15 Å². The lowest BCUT2D eigenvalue weighted by atomic mass is 10.3. The van der Waals surface area contributed by atoms with E-state index in [0.29, 0.717) is 5.15 Å². The fourth-order valence-electron chi connectivity index (χ4n) is 1.01. The zero-order valence-corrected chi connectivity index (χ0v) is 8.76. The zero-order chi connectivity index (χ0) is 8.55. The summed E-state index contributed by atoms with van der Waals surface area (Å²) >= 11 is 9.27. The third kappa shape index (κ3) is 1.32. The van der Waals surface area contributed by atoms with E-state index in [1.807, 2.05) is 17.7 Å². The molecule has 0 aromatic carbocycles. The molecule has 0 aliphatic heterocycles. The summed E-state index contributed by atoms with van der Waals surface area (Å²) < 4.78 is 1.21. The maximum absolute atomic E-state index is 5.96. The fraction of sp³-hybridized carbons (Fsp3) is 0.125. The van der Waals surface area contributed by atoms with Crippen LogP contribution >= 0.6 is 34.7 Å². The third-order valence-electron chi connectivity index (χ3n) is 1.59. The van der Waals surface area contributed by atoms with Crippen LogP contribution in [0.15, 0.2) is 22.5 Å². The summed E-state index contributed by atoms with van der Waals surface area (Å²) in [5.74, 6) is 0. The van der Waals surface area contributed by atoms with Crippen LogP contribution in [0.3, 0.4) is 0 Å². The lowest BCUT2D eigenvalue weighted by Crippen LogP contribution is -1.79. The molecule has 0 bridgehead atoms. The number of hydrogen-bond donors (Lipinski definition) is 0. The number of nitrogens with zero attached hydrogens (tertiary/aromatic N) is 1. The highest BCUT2D eigenvalue weighted by Crippen LogP contribution is 2.29. The molecule has 0 unspecified atom stereocenters. The van der Waals surface area contributed by atoms with Crippen LogP contribution in [0.1, 0.15) is 0 Å². The molecule has 0 fully saturated rings. The predicted molar refractivity (Wildman–Crippen MR) is 56.4 cm³/mol. The minimum Gasteiger partial charge on any atom is -0.229 e. The molecular weight excluding hydrogens is 210 g/mol. The Labute approximate surface area is 83.8 Å². The number of aromatic nitrogens is 1. The molecule has 4 heteroatoms. The summed E-state index contributed by atoms with van der Waals surface area (Å²) in [6, 6.07) is 4.07. The van der Waals surface area contributed by atoms with Crippen LogP contribution in [0.4, 0.5) is 0 Å². The lowest BCUT2D eigenvalue weighted by molar-refractivity contribution is 1.17. The van der Waals surface area contributed by atoms with Gasteiger partial charge in [0, 0.05) is 10.1 Å². The first kappa shape index (κ1) is 8.35. The van der Waals surface area contributed by atoms with E-state index < -0.39 is 0 Å². The van der Waals surface area contributed by atoms with Gasteiger partial charge in [0.2, 0.25) is 0 Å². The van der Waals surface area contributed by atoms with Gasteiger partial charge in [-0.3, -0.25) is 0 Å². The van der Waals surface area contributed by atoms with Crippen molar-refractivity contribution in [3.05, 3.63) is 22.7 Å². The highest BCUT2D eigenvalue weighted by molar-refractivity contribution is 7.98.